The number of amides is 2. The van der Waals surface area contributed by atoms with E-state index >= 15 is 0 Å². The van der Waals surface area contributed by atoms with Gasteiger partial charge in [0, 0.05) is 34.6 Å². The molecule has 1 aromatic heterocycles. The van der Waals surface area contributed by atoms with E-state index in [-0.39, 0.29) is 11.8 Å². The van der Waals surface area contributed by atoms with Crippen LogP contribution in [0.2, 0.25) is 0 Å². The molecule has 6 heteroatoms. The van der Waals surface area contributed by atoms with Crippen LogP contribution in [-0.4, -0.2) is 29.9 Å². The first-order chi connectivity index (χ1) is 10.2. The van der Waals surface area contributed by atoms with Crippen LogP contribution in [0.4, 0.5) is 0 Å². The Morgan fingerprint density at radius 2 is 1.57 bits per heavy atom. The first-order valence-corrected chi connectivity index (χ1v) is 7.47. The summed E-state index contributed by atoms with van der Waals surface area (Å²) in [4.78, 5) is 27.6. The van der Waals surface area contributed by atoms with Crippen molar-refractivity contribution in [2.75, 3.05) is 13.1 Å². The second kappa shape index (κ2) is 7.72. The number of carbonyl (C=O) groups excluding carboxylic acids is 2. The maximum absolute atomic E-state index is 11.9. The fraction of sp³-hybridized carbons (Fsp3) is 0.133. The van der Waals surface area contributed by atoms with Crippen LogP contribution in [0, 0.1) is 3.57 Å². The molecule has 0 fully saturated rings. The number of aromatic nitrogens is 1. The summed E-state index contributed by atoms with van der Waals surface area (Å²) in [5.74, 6) is -0.320. The predicted molar refractivity (Wildman–Crippen MR) is 88.1 cm³/mol. The van der Waals surface area contributed by atoms with Crippen molar-refractivity contribution in [2.45, 2.75) is 0 Å². The summed E-state index contributed by atoms with van der Waals surface area (Å²) in [5, 5.41) is 5.51. The highest BCUT2D eigenvalue weighted by atomic mass is 127. The lowest BCUT2D eigenvalue weighted by molar-refractivity contribution is 0.0927. The Bertz CT molecular complexity index is 632. The highest BCUT2D eigenvalue weighted by molar-refractivity contribution is 14.1. The summed E-state index contributed by atoms with van der Waals surface area (Å²) >= 11 is 2.12. The number of hydrogen-bond donors (Lipinski definition) is 2. The number of benzene rings is 1. The molecule has 0 aliphatic carbocycles. The maximum Gasteiger partial charge on any atom is 0.252 e. The van der Waals surface area contributed by atoms with Crippen molar-refractivity contribution in [1.82, 2.24) is 15.6 Å². The predicted octanol–water partition coefficient (Wildman–Crippen LogP) is 1.85. The zero-order valence-electron chi connectivity index (χ0n) is 11.2. The fourth-order valence-electron chi connectivity index (χ4n) is 1.70. The fourth-order valence-corrected chi connectivity index (χ4v) is 2.33. The molecule has 0 radical (unpaired) electrons. The number of hydrogen-bond acceptors (Lipinski definition) is 3. The van der Waals surface area contributed by atoms with E-state index in [0.29, 0.717) is 24.2 Å². The van der Waals surface area contributed by atoms with E-state index in [1.54, 1.807) is 30.6 Å². The molecule has 0 saturated heterocycles. The van der Waals surface area contributed by atoms with E-state index in [1.807, 2.05) is 18.2 Å². The molecule has 0 bridgehead atoms. The Kier molecular flexibility index (Phi) is 5.68. The average Bonchev–Trinajstić information content (AvgIpc) is 2.52. The summed E-state index contributed by atoms with van der Waals surface area (Å²) in [6.45, 7) is 0.747. The van der Waals surface area contributed by atoms with E-state index in [9.17, 15) is 9.59 Å². The Hall–Kier alpha value is -1.96. The second-order valence-corrected chi connectivity index (χ2v) is 5.39. The molecule has 1 aromatic carbocycles. The number of halogens is 1. The quantitative estimate of drug-likeness (QED) is 0.600. The Labute approximate surface area is 136 Å². The minimum Gasteiger partial charge on any atom is -0.350 e. The monoisotopic (exact) mass is 395 g/mol. The van der Waals surface area contributed by atoms with Crippen molar-refractivity contribution in [1.29, 1.82) is 0 Å². The summed E-state index contributed by atoms with van der Waals surface area (Å²) in [5.41, 5.74) is 1.19. The lowest BCUT2D eigenvalue weighted by atomic mass is 10.2. The minimum atomic E-state index is -0.180. The first kappa shape index (κ1) is 15.4. The molecule has 108 valence electrons. The van der Waals surface area contributed by atoms with Crippen LogP contribution in [0.25, 0.3) is 0 Å². The summed E-state index contributed by atoms with van der Waals surface area (Å²) in [7, 11) is 0. The van der Waals surface area contributed by atoms with Gasteiger partial charge >= 0.3 is 0 Å². The van der Waals surface area contributed by atoms with Crippen molar-refractivity contribution in [3.8, 4) is 0 Å². The standard InChI is InChI=1S/C15H14IN3O2/c16-13-4-2-1-3-12(13)15(21)19-10-9-18-14(20)11-5-7-17-8-6-11/h1-8H,9-10H2,(H,18,20)(H,19,21). The molecule has 5 nitrogen and oxygen atoms in total. The minimum absolute atomic E-state index is 0.141. The van der Waals surface area contributed by atoms with Crippen molar-refractivity contribution < 1.29 is 9.59 Å². The van der Waals surface area contributed by atoms with E-state index < -0.39 is 0 Å². The lowest BCUT2D eigenvalue weighted by Gasteiger charge is -2.08. The van der Waals surface area contributed by atoms with Gasteiger partial charge in [0.25, 0.3) is 11.8 Å². The summed E-state index contributed by atoms with van der Waals surface area (Å²) < 4.78 is 0.897. The summed E-state index contributed by atoms with van der Waals surface area (Å²) in [6.07, 6.45) is 3.13. The Balaban J connectivity index is 1.76. The molecule has 2 N–H and O–H groups in total. The van der Waals surface area contributed by atoms with Crippen molar-refractivity contribution >= 4 is 34.4 Å². The van der Waals surface area contributed by atoms with Gasteiger partial charge < -0.3 is 10.6 Å². The number of pyridine rings is 1. The van der Waals surface area contributed by atoms with Gasteiger partial charge in [0.15, 0.2) is 0 Å². The summed E-state index contributed by atoms with van der Waals surface area (Å²) in [6, 6.07) is 10.6. The van der Waals surface area contributed by atoms with Crippen molar-refractivity contribution in [3.63, 3.8) is 0 Å². The molecule has 0 aliphatic heterocycles. The Morgan fingerprint density at radius 1 is 0.952 bits per heavy atom. The van der Waals surface area contributed by atoms with Gasteiger partial charge in [0.1, 0.15) is 0 Å². The average molecular weight is 395 g/mol. The van der Waals surface area contributed by atoms with E-state index in [2.05, 4.69) is 38.2 Å². The topological polar surface area (TPSA) is 71.1 Å². The molecule has 2 aromatic rings. The zero-order chi connectivity index (χ0) is 15.1. The van der Waals surface area contributed by atoms with Gasteiger partial charge in [-0.1, -0.05) is 12.1 Å². The molecule has 0 unspecified atom stereocenters. The highest BCUT2D eigenvalue weighted by Crippen LogP contribution is 2.10. The third kappa shape index (κ3) is 4.52. The lowest BCUT2D eigenvalue weighted by Crippen LogP contribution is -2.34. The number of nitrogens with one attached hydrogen (secondary N) is 2. The molecule has 0 saturated carbocycles. The zero-order valence-corrected chi connectivity index (χ0v) is 13.3. The number of rotatable bonds is 5. The normalized spacial score (nSPS) is 9.95. The highest BCUT2D eigenvalue weighted by Gasteiger charge is 2.08. The van der Waals surface area contributed by atoms with Gasteiger partial charge in [-0.3, -0.25) is 14.6 Å². The van der Waals surface area contributed by atoms with Crippen molar-refractivity contribution in [2.24, 2.45) is 0 Å². The molecular weight excluding hydrogens is 381 g/mol. The molecule has 2 amide bonds. The second-order valence-electron chi connectivity index (χ2n) is 4.23. The largest absolute Gasteiger partial charge is 0.350 e. The SMILES string of the molecule is O=C(NCCNC(=O)c1ccccc1I)c1ccncc1. The Morgan fingerprint density at radius 3 is 2.24 bits per heavy atom. The van der Waals surface area contributed by atoms with Crippen LogP contribution < -0.4 is 10.6 Å². The van der Waals surface area contributed by atoms with Crippen LogP contribution in [-0.2, 0) is 0 Å². The number of nitrogens with zero attached hydrogens (tertiary/aromatic N) is 1. The van der Waals surface area contributed by atoms with Gasteiger partial charge in [-0.05, 0) is 46.9 Å². The van der Waals surface area contributed by atoms with Gasteiger partial charge in [-0.25, -0.2) is 0 Å². The van der Waals surface area contributed by atoms with E-state index in [4.69, 9.17) is 0 Å². The van der Waals surface area contributed by atoms with Crippen LogP contribution >= 0.6 is 22.6 Å². The smallest absolute Gasteiger partial charge is 0.252 e. The van der Waals surface area contributed by atoms with Crippen LogP contribution in [0.1, 0.15) is 20.7 Å². The van der Waals surface area contributed by atoms with Gasteiger partial charge in [0.2, 0.25) is 0 Å². The van der Waals surface area contributed by atoms with Crippen molar-refractivity contribution in [3.05, 3.63) is 63.5 Å². The van der Waals surface area contributed by atoms with Crippen LogP contribution in [0.15, 0.2) is 48.8 Å². The van der Waals surface area contributed by atoms with Gasteiger partial charge in [-0.2, -0.15) is 0 Å². The first-order valence-electron chi connectivity index (χ1n) is 6.39. The number of carbonyl (C=O) groups is 2. The molecule has 0 aliphatic rings. The third-order valence-corrected chi connectivity index (χ3v) is 3.70. The van der Waals surface area contributed by atoms with Crippen LogP contribution in [0.5, 0.6) is 0 Å². The molecular formula is C15H14IN3O2. The van der Waals surface area contributed by atoms with Gasteiger partial charge in [-0.15, -0.1) is 0 Å². The molecule has 0 atom stereocenters. The maximum atomic E-state index is 11.9. The third-order valence-electron chi connectivity index (χ3n) is 2.76. The molecule has 0 spiro atoms. The molecule has 2 rings (SSSR count). The van der Waals surface area contributed by atoms with Gasteiger partial charge in [0.05, 0.1) is 5.56 Å². The molecule has 1 heterocycles. The van der Waals surface area contributed by atoms with E-state index in [1.165, 1.54) is 0 Å². The van der Waals surface area contributed by atoms with E-state index in [0.717, 1.165) is 3.57 Å². The molecule has 21 heavy (non-hydrogen) atoms. The van der Waals surface area contributed by atoms with Crippen LogP contribution in [0.3, 0.4) is 0 Å².